The average Bonchev–Trinajstić information content (AvgIpc) is 2.47. The summed E-state index contributed by atoms with van der Waals surface area (Å²) in [5, 5.41) is 3.55. The number of nitrogens with one attached hydrogen (secondary N) is 1. The summed E-state index contributed by atoms with van der Waals surface area (Å²) in [6.45, 7) is 15.5. The van der Waals surface area contributed by atoms with E-state index < -0.39 is 0 Å². The standard InChI is InChI=1S/C17H30N4/c1-5-20-8-9-21(13-15(20)4)17-12-18-7-6-16(17)11-19-10-14(2)3/h6-7,12,14-15,19H,5,8-11,13H2,1-4H3. The summed E-state index contributed by atoms with van der Waals surface area (Å²) < 4.78 is 0. The fourth-order valence-electron chi connectivity index (χ4n) is 3.03. The van der Waals surface area contributed by atoms with Crippen LogP contribution in [-0.4, -0.2) is 48.6 Å². The van der Waals surface area contributed by atoms with Gasteiger partial charge in [0.15, 0.2) is 0 Å². The maximum absolute atomic E-state index is 4.34. The quantitative estimate of drug-likeness (QED) is 0.871. The van der Waals surface area contributed by atoms with Crippen LogP contribution in [0.5, 0.6) is 0 Å². The molecule has 21 heavy (non-hydrogen) atoms. The molecule has 2 rings (SSSR count). The van der Waals surface area contributed by atoms with Gasteiger partial charge in [0.05, 0.1) is 11.9 Å². The van der Waals surface area contributed by atoms with E-state index >= 15 is 0 Å². The number of hydrogen-bond acceptors (Lipinski definition) is 4. The van der Waals surface area contributed by atoms with Crippen molar-refractivity contribution in [2.75, 3.05) is 37.6 Å². The van der Waals surface area contributed by atoms with Crippen molar-refractivity contribution in [2.24, 2.45) is 5.92 Å². The monoisotopic (exact) mass is 290 g/mol. The van der Waals surface area contributed by atoms with Crippen LogP contribution >= 0.6 is 0 Å². The highest BCUT2D eigenvalue weighted by molar-refractivity contribution is 5.52. The lowest BCUT2D eigenvalue weighted by Crippen LogP contribution is -2.52. The van der Waals surface area contributed by atoms with E-state index in [1.165, 1.54) is 11.3 Å². The highest BCUT2D eigenvalue weighted by Gasteiger charge is 2.23. The van der Waals surface area contributed by atoms with Crippen molar-refractivity contribution in [3.8, 4) is 0 Å². The van der Waals surface area contributed by atoms with Crippen LogP contribution in [0, 0.1) is 5.92 Å². The smallest absolute Gasteiger partial charge is 0.0599 e. The molecule has 4 heteroatoms. The maximum atomic E-state index is 4.34. The van der Waals surface area contributed by atoms with Gasteiger partial charge in [-0.05, 0) is 37.6 Å². The molecule has 1 aromatic heterocycles. The molecule has 0 aromatic carbocycles. The summed E-state index contributed by atoms with van der Waals surface area (Å²) >= 11 is 0. The normalized spacial score (nSPS) is 20.2. The first-order chi connectivity index (χ1) is 10.1. The minimum absolute atomic E-state index is 0.612. The van der Waals surface area contributed by atoms with Gasteiger partial charge in [-0.1, -0.05) is 20.8 Å². The third-order valence-corrected chi connectivity index (χ3v) is 4.27. The Kier molecular flexibility index (Phi) is 6.00. The van der Waals surface area contributed by atoms with Crippen LogP contribution in [0.1, 0.15) is 33.3 Å². The summed E-state index contributed by atoms with van der Waals surface area (Å²) in [5.74, 6) is 0.684. The number of anilines is 1. The molecule has 1 aliphatic rings. The molecule has 1 atom stereocenters. The van der Waals surface area contributed by atoms with Crippen molar-refractivity contribution in [1.82, 2.24) is 15.2 Å². The highest BCUT2D eigenvalue weighted by Crippen LogP contribution is 2.22. The van der Waals surface area contributed by atoms with E-state index in [1.807, 2.05) is 12.4 Å². The van der Waals surface area contributed by atoms with Gasteiger partial charge in [0.1, 0.15) is 0 Å². The molecule has 0 bridgehead atoms. The summed E-state index contributed by atoms with van der Waals surface area (Å²) in [6, 6.07) is 2.76. The maximum Gasteiger partial charge on any atom is 0.0599 e. The molecule has 118 valence electrons. The third kappa shape index (κ3) is 4.42. The second-order valence-electron chi connectivity index (χ2n) is 6.45. The zero-order chi connectivity index (χ0) is 15.2. The summed E-state index contributed by atoms with van der Waals surface area (Å²) in [5.41, 5.74) is 2.67. The molecular formula is C17H30N4. The zero-order valence-corrected chi connectivity index (χ0v) is 14.0. The second kappa shape index (κ2) is 7.76. The van der Waals surface area contributed by atoms with E-state index in [-0.39, 0.29) is 0 Å². The first-order valence-corrected chi connectivity index (χ1v) is 8.24. The Bertz CT molecular complexity index is 433. The van der Waals surface area contributed by atoms with Crippen molar-refractivity contribution in [3.63, 3.8) is 0 Å². The van der Waals surface area contributed by atoms with Crippen LogP contribution in [0.25, 0.3) is 0 Å². The topological polar surface area (TPSA) is 31.4 Å². The van der Waals surface area contributed by atoms with Gasteiger partial charge in [-0.2, -0.15) is 0 Å². The van der Waals surface area contributed by atoms with Gasteiger partial charge >= 0.3 is 0 Å². The summed E-state index contributed by atoms with van der Waals surface area (Å²) in [4.78, 5) is 9.39. The van der Waals surface area contributed by atoms with Gasteiger partial charge in [0.25, 0.3) is 0 Å². The summed E-state index contributed by atoms with van der Waals surface area (Å²) in [7, 11) is 0. The van der Waals surface area contributed by atoms with E-state index in [4.69, 9.17) is 0 Å². The van der Waals surface area contributed by atoms with E-state index in [9.17, 15) is 0 Å². The molecule has 0 amide bonds. The Morgan fingerprint density at radius 3 is 2.86 bits per heavy atom. The first-order valence-electron chi connectivity index (χ1n) is 8.24. The Morgan fingerprint density at radius 1 is 1.38 bits per heavy atom. The number of likely N-dealkylation sites (N-methyl/N-ethyl adjacent to an activating group) is 1. The van der Waals surface area contributed by atoms with Crippen LogP contribution < -0.4 is 10.2 Å². The number of hydrogen-bond donors (Lipinski definition) is 1. The Hall–Kier alpha value is -1.13. The van der Waals surface area contributed by atoms with Crippen molar-refractivity contribution < 1.29 is 0 Å². The van der Waals surface area contributed by atoms with E-state index in [0.717, 1.165) is 39.3 Å². The molecule has 1 unspecified atom stereocenters. The fourth-order valence-corrected chi connectivity index (χ4v) is 3.03. The Morgan fingerprint density at radius 2 is 2.19 bits per heavy atom. The van der Waals surface area contributed by atoms with Gasteiger partial charge < -0.3 is 10.2 Å². The van der Waals surface area contributed by atoms with E-state index in [0.29, 0.717) is 12.0 Å². The minimum Gasteiger partial charge on any atom is -0.367 e. The number of aromatic nitrogens is 1. The van der Waals surface area contributed by atoms with Crippen LogP contribution in [-0.2, 0) is 6.54 Å². The van der Waals surface area contributed by atoms with Crippen LogP contribution in [0.3, 0.4) is 0 Å². The minimum atomic E-state index is 0.612. The Balaban J connectivity index is 2.02. The molecule has 1 aliphatic heterocycles. The van der Waals surface area contributed by atoms with Gasteiger partial charge in [0.2, 0.25) is 0 Å². The molecule has 1 saturated heterocycles. The van der Waals surface area contributed by atoms with Crippen molar-refractivity contribution in [2.45, 2.75) is 40.3 Å². The molecule has 1 aromatic rings. The number of rotatable bonds is 6. The van der Waals surface area contributed by atoms with Crippen LogP contribution in [0.4, 0.5) is 5.69 Å². The predicted octanol–water partition coefficient (Wildman–Crippen LogP) is 2.36. The molecular weight excluding hydrogens is 260 g/mol. The molecule has 4 nitrogen and oxygen atoms in total. The van der Waals surface area contributed by atoms with Crippen molar-refractivity contribution in [3.05, 3.63) is 24.0 Å². The molecule has 2 heterocycles. The van der Waals surface area contributed by atoms with Gasteiger partial charge in [-0.15, -0.1) is 0 Å². The van der Waals surface area contributed by atoms with E-state index in [1.54, 1.807) is 0 Å². The lowest BCUT2D eigenvalue weighted by atomic mass is 10.1. The molecule has 0 aliphatic carbocycles. The number of pyridine rings is 1. The average molecular weight is 290 g/mol. The van der Waals surface area contributed by atoms with Crippen molar-refractivity contribution >= 4 is 5.69 Å². The second-order valence-corrected chi connectivity index (χ2v) is 6.45. The predicted molar refractivity (Wildman–Crippen MR) is 89.7 cm³/mol. The largest absolute Gasteiger partial charge is 0.367 e. The molecule has 0 spiro atoms. The molecule has 1 N–H and O–H groups in total. The number of piperazine rings is 1. The molecule has 0 saturated carbocycles. The number of nitrogens with zero attached hydrogens (tertiary/aromatic N) is 3. The van der Waals surface area contributed by atoms with Crippen molar-refractivity contribution in [1.29, 1.82) is 0 Å². The van der Waals surface area contributed by atoms with Gasteiger partial charge in [-0.3, -0.25) is 9.88 Å². The lowest BCUT2D eigenvalue weighted by molar-refractivity contribution is 0.199. The zero-order valence-electron chi connectivity index (χ0n) is 14.0. The van der Waals surface area contributed by atoms with Crippen LogP contribution in [0.2, 0.25) is 0 Å². The molecule has 1 fully saturated rings. The van der Waals surface area contributed by atoms with Gasteiger partial charge in [0, 0.05) is 38.4 Å². The fraction of sp³-hybridized carbons (Fsp3) is 0.706. The lowest BCUT2D eigenvalue weighted by Gasteiger charge is -2.41. The SMILES string of the molecule is CCN1CCN(c2cnccc2CNCC(C)C)CC1C. The summed E-state index contributed by atoms with van der Waals surface area (Å²) in [6.07, 6.45) is 3.93. The van der Waals surface area contributed by atoms with E-state index in [2.05, 4.69) is 53.9 Å². The highest BCUT2D eigenvalue weighted by atomic mass is 15.3. The first kappa shape index (κ1) is 16.2. The van der Waals surface area contributed by atoms with Gasteiger partial charge in [-0.25, -0.2) is 0 Å². The molecule has 0 radical (unpaired) electrons. The van der Waals surface area contributed by atoms with Crippen LogP contribution in [0.15, 0.2) is 18.5 Å². The third-order valence-electron chi connectivity index (χ3n) is 4.27. The Labute approximate surface area is 129 Å².